The molecular formula is C11H14ClNO5S. The summed E-state index contributed by atoms with van der Waals surface area (Å²) in [5.41, 5.74) is 0. The predicted molar refractivity (Wildman–Crippen MR) is 70.1 cm³/mol. The summed E-state index contributed by atoms with van der Waals surface area (Å²) in [6, 6.07) is 4.06. The molecule has 106 valence electrons. The van der Waals surface area contributed by atoms with Crippen LogP contribution in [0.2, 0.25) is 5.02 Å². The lowest BCUT2D eigenvalue weighted by Crippen LogP contribution is -2.29. The van der Waals surface area contributed by atoms with Crippen LogP contribution in [0, 0.1) is 0 Å². The number of sulfonamides is 1. The largest absolute Gasteiger partial charge is 0.495 e. The molecule has 19 heavy (non-hydrogen) atoms. The average molecular weight is 308 g/mol. The lowest BCUT2D eigenvalue weighted by atomic mass is 10.3. The van der Waals surface area contributed by atoms with E-state index < -0.39 is 16.0 Å². The van der Waals surface area contributed by atoms with E-state index in [4.69, 9.17) is 21.4 Å². The number of nitrogens with zero attached hydrogens (tertiary/aromatic N) is 1. The van der Waals surface area contributed by atoms with Gasteiger partial charge in [0, 0.05) is 19.7 Å². The predicted octanol–water partition coefficient (Wildman–Crippen LogP) is 1.44. The topological polar surface area (TPSA) is 83.9 Å². The van der Waals surface area contributed by atoms with Crippen molar-refractivity contribution < 1.29 is 23.1 Å². The summed E-state index contributed by atoms with van der Waals surface area (Å²) in [5.74, 6) is -0.815. The van der Waals surface area contributed by atoms with Gasteiger partial charge in [-0.2, -0.15) is 0 Å². The molecule has 0 aliphatic carbocycles. The maximum atomic E-state index is 12.2. The zero-order chi connectivity index (χ0) is 14.6. The first-order valence-corrected chi connectivity index (χ1v) is 7.12. The van der Waals surface area contributed by atoms with Crippen LogP contribution in [0.1, 0.15) is 6.42 Å². The van der Waals surface area contributed by atoms with Gasteiger partial charge in [0.2, 0.25) is 10.0 Å². The summed E-state index contributed by atoms with van der Waals surface area (Å²) in [6.45, 7) is -0.109. The number of ether oxygens (including phenoxy) is 1. The number of hydrogen-bond donors (Lipinski definition) is 1. The van der Waals surface area contributed by atoms with E-state index in [0.29, 0.717) is 5.02 Å². The highest BCUT2D eigenvalue weighted by atomic mass is 35.5. The summed E-state index contributed by atoms with van der Waals surface area (Å²) in [4.78, 5) is 10.5. The van der Waals surface area contributed by atoms with Crippen LogP contribution in [0.25, 0.3) is 0 Å². The Morgan fingerprint density at radius 3 is 2.63 bits per heavy atom. The van der Waals surface area contributed by atoms with Gasteiger partial charge in [0.15, 0.2) is 0 Å². The summed E-state index contributed by atoms with van der Waals surface area (Å²) in [5, 5.41) is 8.86. The monoisotopic (exact) mass is 307 g/mol. The molecule has 1 N–H and O–H groups in total. The summed E-state index contributed by atoms with van der Waals surface area (Å²) in [6.07, 6.45) is -0.263. The number of aliphatic carboxylic acids is 1. The minimum Gasteiger partial charge on any atom is -0.495 e. The van der Waals surface area contributed by atoms with Crippen LogP contribution in [0.5, 0.6) is 5.75 Å². The highest BCUT2D eigenvalue weighted by Crippen LogP contribution is 2.28. The van der Waals surface area contributed by atoms with Gasteiger partial charge < -0.3 is 9.84 Å². The molecule has 1 aromatic rings. The van der Waals surface area contributed by atoms with Gasteiger partial charge in [-0.3, -0.25) is 4.79 Å². The zero-order valence-electron chi connectivity index (χ0n) is 10.5. The fourth-order valence-electron chi connectivity index (χ4n) is 1.35. The smallest absolute Gasteiger partial charge is 0.304 e. The molecule has 0 atom stereocenters. The van der Waals surface area contributed by atoms with Crippen molar-refractivity contribution in [3.05, 3.63) is 23.2 Å². The third-order valence-electron chi connectivity index (χ3n) is 2.47. The van der Waals surface area contributed by atoms with Crippen LogP contribution in [0.4, 0.5) is 0 Å². The Morgan fingerprint density at radius 2 is 2.11 bits per heavy atom. The molecule has 0 aliphatic rings. The summed E-state index contributed by atoms with van der Waals surface area (Å²) >= 11 is 5.82. The fourth-order valence-corrected chi connectivity index (χ4v) is 2.74. The van der Waals surface area contributed by atoms with Crippen molar-refractivity contribution in [2.75, 3.05) is 20.7 Å². The summed E-state index contributed by atoms with van der Waals surface area (Å²) < 4.78 is 30.2. The van der Waals surface area contributed by atoms with Gasteiger partial charge in [-0.25, -0.2) is 12.7 Å². The van der Waals surface area contributed by atoms with E-state index in [1.807, 2.05) is 0 Å². The van der Waals surface area contributed by atoms with Crippen LogP contribution in [-0.2, 0) is 14.8 Å². The zero-order valence-corrected chi connectivity index (χ0v) is 12.0. The lowest BCUT2D eigenvalue weighted by molar-refractivity contribution is -0.137. The Hall–Kier alpha value is -1.31. The Labute approximate surface area is 116 Å². The van der Waals surface area contributed by atoms with Crippen LogP contribution >= 0.6 is 11.6 Å². The second kappa shape index (κ2) is 6.23. The number of carboxylic acid groups (broad SMARTS) is 1. The van der Waals surface area contributed by atoms with Crippen LogP contribution in [0.3, 0.4) is 0 Å². The standard InChI is InChI=1S/C11H14ClNO5S/c1-13(6-5-11(14)15)19(16,17)8-3-4-9(12)10(7-8)18-2/h3-4,7H,5-6H2,1-2H3,(H,14,15). The van der Waals surface area contributed by atoms with Crippen LogP contribution < -0.4 is 4.74 Å². The molecule has 0 saturated heterocycles. The third-order valence-corrected chi connectivity index (χ3v) is 4.64. The van der Waals surface area contributed by atoms with E-state index in [2.05, 4.69) is 0 Å². The van der Waals surface area contributed by atoms with Crippen molar-refractivity contribution in [1.29, 1.82) is 0 Å². The Morgan fingerprint density at radius 1 is 1.47 bits per heavy atom. The molecule has 0 radical (unpaired) electrons. The highest BCUT2D eigenvalue weighted by Gasteiger charge is 2.22. The number of carbonyl (C=O) groups is 1. The third kappa shape index (κ3) is 3.82. The minimum atomic E-state index is -3.75. The molecule has 1 aromatic carbocycles. The van der Waals surface area contributed by atoms with Crippen molar-refractivity contribution in [2.45, 2.75) is 11.3 Å². The molecule has 1 rings (SSSR count). The fraction of sp³-hybridized carbons (Fsp3) is 0.364. The Bertz CT molecular complexity index is 572. The average Bonchev–Trinajstić information content (AvgIpc) is 2.35. The van der Waals surface area contributed by atoms with Gasteiger partial charge in [-0.15, -0.1) is 0 Å². The maximum Gasteiger partial charge on any atom is 0.304 e. The van der Waals surface area contributed by atoms with E-state index in [0.717, 1.165) is 4.31 Å². The molecule has 0 aromatic heterocycles. The first-order valence-electron chi connectivity index (χ1n) is 5.30. The number of benzene rings is 1. The van der Waals surface area contributed by atoms with Crippen LogP contribution in [0.15, 0.2) is 23.1 Å². The van der Waals surface area contributed by atoms with Gasteiger partial charge in [-0.1, -0.05) is 11.6 Å². The van der Waals surface area contributed by atoms with E-state index in [9.17, 15) is 13.2 Å². The second-order valence-electron chi connectivity index (χ2n) is 3.77. The molecule has 8 heteroatoms. The van der Waals surface area contributed by atoms with Crippen molar-refractivity contribution >= 4 is 27.6 Å². The minimum absolute atomic E-state index is 0.00152. The number of rotatable bonds is 6. The first kappa shape index (κ1) is 15.7. The number of methoxy groups -OCH3 is 1. The van der Waals surface area contributed by atoms with Crippen molar-refractivity contribution in [3.8, 4) is 5.75 Å². The molecule has 6 nitrogen and oxygen atoms in total. The highest BCUT2D eigenvalue weighted by molar-refractivity contribution is 7.89. The van der Waals surface area contributed by atoms with Crippen molar-refractivity contribution in [3.63, 3.8) is 0 Å². The molecule has 0 spiro atoms. The van der Waals surface area contributed by atoms with Gasteiger partial charge in [0.25, 0.3) is 0 Å². The maximum absolute atomic E-state index is 12.2. The molecule has 0 bridgehead atoms. The van der Waals surface area contributed by atoms with Gasteiger partial charge in [0.1, 0.15) is 5.75 Å². The number of halogens is 1. The molecule has 0 amide bonds. The quantitative estimate of drug-likeness (QED) is 0.860. The van der Waals surface area contributed by atoms with Gasteiger partial charge >= 0.3 is 5.97 Å². The van der Waals surface area contributed by atoms with E-state index >= 15 is 0 Å². The van der Waals surface area contributed by atoms with Crippen molar-refractivity contribution in [1.82, 2.24) is 4.31 Å². The molecule has 0 aliphatic heterocycles. The van der Waals surface area contributed by atoms with E-state index in [-0.39, 0.29) is 23.6 Å². The Balaban J connectivity index is 3.02. The second-order valence-corrected chi connectivity index (χ2v) is 6.22. The SMILES string of the molecule is COc1cc(S(=O)(=O)N(C)CCC(=O)O)ccc1Cl. The lowest BCUT2D eigenvalue weighted by Gasteiger charge is -2.16. The molecule has 0 heterocycles. The van der Waals surface area contributed by atoms with Crippen molar-refractivity contribution in [2.24, 2.45) is 0 Å². The van der Waals surface area contributed by atoms with E-state index in [1.165, 1.54) is 32.4 Å². The van der Waals surface area contributed by atoms with E-state index in [1.54, 1.807) is 0 Å². The molecule has 0 unspecified atom stereocenters. The summed E-state index contributed by atoms with van der Waals surface area (Å²) in [7, 11) is -1.05. The first-order chi connectivity index (χ1) is 8.78. The van der Waals surface area contributed by atoms with Gasteiger partial charge in [0.05, 0.1) is 23.4 Å². The number of carboxylic acids is 1. The molecule has 0 fully saturated rings. The van der Waals surface area contributed by atoms with Gasteiger partial charge in [-0.05, 0) is 12.1 Å². The number of hydrogen-bond acceptors (Lipinski definition) is 4. The molecular weight excluding hydrogens is 294 g/mol. The Kier molecular flexibility index (Phi) is 5.16. The molecule has 0 saturated carbocycles. The normalized spacial score (nSPS) is 11.6. The van der Waals surface area contributed by atoms with Crippen LogP contribution in [-0.4, -0.2) is 44.5 Å².